The van der Waals surface area contributed by atoms with Crippen LogP contribution in [0.2, 0.25) is 0 Å². The number of rotatable bonds is 3. The maximum atomic E-state index is 5.78. The Bertz CT molecular complexity index is 461. The van der Waals surface area contributed by atoms with Gasteiger partial charge in [-0.2, -0.15) is 5.10 Å². The predicted octanol–water partition coefficient (Wildman–Crippen LogP) is 2.39. The first-order chi connectivity index (χ1) is 9.65. The van der Waals surface area contributed by atoms with Crippen molar-refractivity contribution in [1.29, 1.82) is 0 Å². The Morgan fingerprint density at radius 3 is 2.40 bits per heavy atom. The Morgan fingerprint density at radius 1 is 1.15 bits per heavy atom. The summed E-state index contributed by atoms with van der Waals surface area (Å²) in [6.07, 6.45) is 9.48. The molecular weight excluding hydrogens is 248 g/mol. The van der Waals surface area contributed by atoms with Crippen molar-refractivity contribution in [3.8, 4) is 0 Å². The number of hydrogen-bond acceptors (Lipinski definition) is 3. The molecule has 1 saturated heterocycles. The Balaban J connectivity index is 1.77. The highest BCUT2D eigenvalue weighted by molar-refractivity contribution is 5.50. The number of hydrogen-bond donors (Lipinski definition) is 1. The van der Waals surface area contributed by atoms with Gasteiger partial charge in [-0.05, 0) is 51.0 Å². The lowest BCUT2D eigenvalue weighted by Gasteiger charge is -2.40. The molecule has 2 aliphatic rings. The van der Waals surface area contributed by atoms with Crippen LogP contribution in [0.15, 0.2) is 0 Å². The molecule has 1 aliphatic heterocycles. The molecule has 4 heteroatoms. The molecule has 4 nitrogen and oxygen atoms in total. The van der Waals surface area contributed by atoms with Gasteiger partial charge in [-0.25, -0.2) is 0 Å². The lowest BCUT2D eigenvalue weighted by Crippen LogP contribution is -2.40. The van der Waals surface area contributed by atoms with Gasteiger partial charge < -0.3 is 10.6 Å². The lowest BCUT2D eigenvalue weighted by molar-refractivity contribution is 0.225. The lowest BCUT2D eigenvalue weighted by atomic mass is 9.77. The minimum absolute atomic E-state index is 0.679. The minimum Gasteiger partial charge on any atom is -0.357 e. The van der Waals surface area contributed by atoms with E-state index >= 15 is 0 Å². The third kappa shape index (κ3) is 2.34. The second-order valence-electron chi connectivity index (χ2n) is 6.74. The summed E-state index contributed by atoms with van der Waals surface area (Å²) in [5.74, 6) is 1.32. The monoisotopic (exact) mass is 276 g/mol. The highest BCUT2D eigenvalue weighted by Gasteiger charge is 2.37. The Morgan fingerprint density at radius 2 is 1.80 bits per heavy atom. The molecule has 1 saturated carbocycles. The summed E-state index contributed by atoms with van der Waals surface area (Å²) >= 11 is 0. The molecule has 20 heavy (non-hydrogen) atoms. The topological polar surface area (TPSA) is 47.1 Å². The van der Waals surface area contributed by atoms with Gasteiger partial charge in [0.05, 0.1) is 5.69 Å². The number of nitrogens with two attached hydrogens (primary N) is 1. The van der Waals surface area contributed by atoms with Crippen molar-refractivity contribution in [2.45, 2.75) is 51.9 Å². The molecule has 0 bridgehead atoms. The van der Waals surface area contributed by atoms with Crippen molar-refractivity contribution in [2.75, 3.05) is 24.5 Å². The summed E-state index contributed by atoms with van der Waals surface area (Å²) in [5, 5.41) is 4.61. The molecule has 2 heterocycles. The molecule has 2 N–H and O–H groups in total. The van der Waals surface area contributed by atoms with Gasteiger partial charge >= 0.3 is 0 Å². The first kappa shape index (κ1) is 13.9. The second-order valence-corrected chi connectivity index (χ2v) is 6.74. The summed E-state index contributed by atoms with van der Waals surface area (Å²) in [4.78, 5) is 2.55. The molecule has 112 valence electrons. The molecule has 3 rings (SSSR count). The van der Waals surface area contributed by atoms with Gasteiger partial charge in [0.1, 0.15) is 5.82 Å². The van der Waals surface area contributed by atoms with Gasteiger partial charge in [-0.1, -0.05) is 12.8 Å². The first-order valence-electron chi connectivity index (χ1n) is 8.13. The van der Waals surface area contributed by atoms with E-state index < -0.39 is 0 Å². The SMILES string of the molecule is Cc1nn(C)c(N2CCC3(CCCC3)CC2)c1CCN. The average molecular weight is 276 g/mol. The van der Waals surface area contributed by atoms with Crippen LogP contribution in [0.5, 0.6) is 0 Å². The van der Waals surface area contributed by atoms with Crippen LogP contribution in [-0.2, 0) is 13.5 Å². The number of aromatic nitrogens is 2. The molecule has 1 aromatic rings. The first-order valence-corrected chi connectivity index (χ1v) is 8.13. The van der Waals surface area contributed by atoms with E-state index in [-0.39, 0.29) is 0 Å². The summed E-state index contributed by atoms with van der Waals surface area (Å²) in [6.45, 7) is 5.20. The van der Waals surface area contributed by atoms with Crippen molar-refractivity contribution in [2.24, 2.45) is 18.2 Å². The molecule has 0 aromatic carbocycles. The molecule has 2 fully saturated rings. The Hall–Kier alpha value is -1.03. The van der Waals surface area contributed by atoms with Crippen LogP contribution in [0.3, 0.4) is 0 Å². The van der Waals surface area contributed by atoms with Crippen LogP contribution < -0.4 is 10.6 Å². The highest BCUT2D eigenvalue weighted by atomic mass is 15.4. The summed E-state index contributed by atoms with van der Waals surface area (Å²) in [5.41, 5.74) is 8.96. The van der Waals surface area contributed by atoms with Crippen molar-refractivity contribution in [1.82, 2.24) is 9.78 Å². The van der Waals surface area contributed by atoms with E-state index in [4.69, 9.17) is 5.73 Å². The fraction of sp³-hybridized carbons (Fsp3) is 0.812. The minimum atomic E-state index is 0.679. The van der Waals surface area contributed by atoms with E-state index in [0.29, 0.717) is 12.0 Å². The maximum Gasteiger partial charge on any atom is 0.130 e. The standard InChI is InChI=1S/C16H28N4/c1-13-14(5-10-17)15(19(2)18-13)20-11-8-16(9-12-20)6-3-4-7-16/h3-12,17H2,1-2H3. The van der Waals surface area contributed by atoms with Gasteiger partial charge in [0.2, 0.25) is 0 Å². The van der Waals surface area contributed by atoms with E-state index in [0.717, 1.165) is 12.1 Å². The van der Waals surface area contributed by atoms with Crippen molar-refractivity contribution >= 4 is 5.82 Å². The molecule has 0 unspecified atom stereocenters. The number of anilines is 1. The van der Waals surface area contributed by atoms with Crippen LogP contribution in [-0.4, -0.2) is 29.4 Å². The summed E-state index contributed by atoms with van der Waals surface area (Å²) in [7, 11) is 2.07. The van der Waals surface area contributed by atoms with Gasteiger partial charge in [0.15, 0.2) is 0 Å². The molecule has 0 atom stereocenters. The van der Waals surface area contributed by atoms with Gasteiger partial charge in [-0.15, -0.1) is 0 Å². The third-order valence-corrected chi connectivity index (χ3v) is 5.50. The Labute approximate surface area is 122 Å². The zero-order valence-electron chi connectivity index (χ0n) is 13.0. The second kappa shape index (κ2) is 5.40. The molecule has 1 spiro atoms. The summed E-state index contributed by atoms with van der Waals surface area (Å²) < 4.78 is 2.06. The molecule has 0 radical (unpaired) electrons. The van der Waals surface area contributed by atoms with E-state index in [1.807, 2.05) is 0 Å². The zero-order valence-corrected chi connectivity index (χ0v) is 13.0. The van der Waals surface area contributed by atoms with Crippen molar-refractivity contribution < 1.29 is 0 Å². The van der Waals surface area contributed by atoms with Crippen molar-refractivity contribution in [3.63, 3.8) is 0 Å². The number of aryl methyl sites for hydroxylation is 2. The zero-order chi connectivity index (χ0) is 14.2. The molecule has 0 amide bonds. The fourth-order valence-corrected chi connectivity index (χ4v) is 4.34. The van der Waals surface area contributed by atoms with Crippen molar-refractivity contribution in [3.05, 3.63) is 11.3 Å². The number of piperidine rings is 1. The number of nitrogens with zero attached hydrogens (tertiary/aromatic N) is 3. The highest BCUT2D eigenvalue weighted by Crippen LogP contribution is 2.46. The van der Waals surface area contributed by atoms with Crippen LogP contribution >= 0.6 is 0 Å². The maximum absolute atomic E-state index is 5.78. The van der Waals surface area contributed by atoms with E-state index in [1.165, 1.54) is 63.0 Å². The van der Waals surface area contributed by atoms with Gasteiger partial charge in [0, 0.05) is 25.7 Å². The average Bonchev–Trinajstić information content (AvgIpc) is 2.98. The van der Waals surface area contributed by atoms with E-state index in [9.17, 15) is 0 Å². The summed E-state index contributed by atoms with van der Waals surface area (Å²) in [6, 6.07) is 0. The normalized spacial score (nSPS) is 21.9. The largest absolute Gasteiger partial charge is 0.357 e. The van der Waals surface area contributed by atoms with Gasteiger partial charge in [-0.3, -0.25) is 4.68 Å². The smallest absolute Gasteiger partial charge is 0.130 e. The van der Waals surface area contributed by atoms with E-state index in [1.54, 1.807) is 0 Å². The quantitative estimate of drug-likeness (QED) is 0.922. The third-order valence-electron chi connectivity index (χ3n) is 5.50. The Kier molecular flexibility index (Phi) is 3.76. The van der Waals surface area contributed by atoms with Gasteiger partial charge in [0.25, 0.3) is 0 Å². The molecule has 1 aromatic heterocycles. The fourth-order valence-electron chi connectivity index (χ4n) is 4.34. The van der Waals surface area contributed by atoms with Crippen LogP contribution in [0.4, 0.5) is 5.82 Å². The van der Waals surface area contributed by atoms with Crippen LogP contribution in [0.1, 0.15) is 49.8 Å². The van der Waals surface area contributed by atoms with Crippen LogP contribution in [0, 0.1) is 12.3 Å². The molecule has 1 aliphatic carbocycles. The van der Waals surface area contributed by atoms with Crippen LogP contribution in [0.25, 0.3) is 0 Å². The van der Waals surface area contributed by atoms with E-state index in [2.05, 4.69) is 28.7 Å². The molecular formula is C16H28N4. The predicted molar refractivity (Wildman–Crippen MR) is 83.1 cm³/mol.